The number of aryl methyl sites for hydroxylation is 1. The van der Waals surface area contributed by atoms with Crippen LogP contribution in [0.1, 0.15) is 26.0 Å². The lowest BCUT2D eigenvalue weighted by Gasteiger charge is -2.18. The molecule has 0 saturated carbocycles. The van der Waals surface area contributed by atoms with Gasteiger partial charge in [-0.3, -0.25) is 19.9 Å². The first kappa shape index (κ1) is 22.8. The number of nitrogens with one attached hydrogen (secondary N) is 3. The van der Waals surface area contributed by atoms with Crippen molar-refractivity contribution in [3.8, 4) is 11.4 Å². The summed E-state index contributed by atoms with van der Waals surface area (Å²) in [6.07, 6.45) is 0.611. The minimum atomic E-state index is -0.366. The number of hydrogen-bond donors (Lipinski definition) is 3. The summed E-state index contributed by atoms with van der Waals surface area (Å²) in [6.45, 7) is 7.22. The highest BCUT2D eigenvalue weighted by Gasteiger charge is 2.23. The molecule has 1 atom stereocenters. The van der Waals surface area contributed by atoms with Gasteiger partial charge in [-0.2, -0.15) is 5.10 Å². The number of methoxy groups -OCH3 is 1. The molecule has 3 aromatic rings. The summed E-state index contributed by atoms with van der Waals surface area (Å²) in [6, 6.07) is 7.49. The quantitative estimate of drug-likeness (QED) is 0.251. The molecular weight excluding hydrogens is 416 g/mol. The summed E-state index contributed by atoms with van der Waals surface area (Å²) in [5.74, 6) is 0.666. The second-order valence-electron chi connectivity index (χ2n) is 6.85. The van der Waals surface area contributed by atoms with Gasteiger partial charge in [0, 0.05) is 25.0 Å². The molecule has 1 amide bonds. The molecule has 3 rings (SSSR count). The molecule has 0 saturated heterocycles. The number of rotatable bonds is 10. The number of H-pyrrole nitrogens is 1. The lowest BCUT2D eigenvalue weighted by Crippen LogP contribution is -2.35. The van der Waals surface area contributed by atoms with Gasteiger partial charge in [-0.05, 0) is 44.5 Å². The van der Waals surface area contributed by atoms with E-state index in [-0.39, 0.29) is 16.6 Å². The van der Waals surface area contributed by atoms with Crippen molar-refractivity contribution < 1.29 is 14.3 Å². The van der Waals surface area contributed by atoms with E-state index in [9.17, 15) is 4.79 Å². The second-order valence-corrected chi connectivity index (χ2v) is 8.02. The molecule has 3 N–H and O–H groups in total. The molecule has 9 nitrogen and oxygen atoms in total. The number of benzene rings is 1. The molecule has 31 heavy (non-hydrogen) atoms. The Balaban J connectivity index is 2.04. The smallest absolute Gasteiger partial charge is 0.233 e. The van der Waals surface area contributed by atoms with Crippen LogP contribution in [0.3, 0.4) is 0 Å². The standard InChI is InChI=1S/C21H28N6O3S/c1-5-16(20(28)23-11-12-29-4)31-21-24-19-17(13(3)25-26-19)18(22)27(21)14-7-9-15(10-8-14)30-6-2/h7-10,16,22H,5-6,11-12H2,1-4H3,(H,23,28)(H,25,26). The van der Waals surface area contributed by atoms with E-state index in [2.05, 4.69) is 20.5 Å². The van der Waals surface area contributed by atoms with Crippen molar-refractivity contribution in [2.24, 2.45) is 0 Å². The zero-order valence-corrected chi connectivity index (χ0v) is 19.0. The van der Waals surface area contributed by atoms with E-state index in [0.717, 1.165) is 17.1 Å². The summed E-state index contributed by atoms with van der Waals surface area (Å²) >= 11 is 1.32. The zero-order chi connectivity index (χ0) is 22.4. The van der Waals surface area contributed by atoms with E-state index in [1.54, 1.807) is 11.7 Å². The summed E-state index contributed by atoms with van der Waals surface area (Å²) in [5.41, 5.74) is 2.26. The Morgan fingerprint density at radius 2 is 2.06 bits per heavy atom. The molecule has 166 valence electrons. The number of fused-ring (bicyclic) bond motifs is 1. The van der Waals surface area contributed by atoms with Gasteiger partial charge in [0.05, 0.1) is 23.8 Å². The molecule has 0 aliphatic rings. The predicted octanol–water partition coefficient (Wildman–Crippen LogP) is 2.57. The average molecular weight is 445 g/mol. The maximum atomic E-state index is 12.7. The Bertz CT molecular complexity index is 1090. The Kier molecular flexibility index (Phi) is 7.69. The number of nitrogens with zero attached hydrogens (tertiary/aromatic N) is 3. The molecule has 0 fully saturated rings. The summed E-state index contributed by atoms with van der Waals surface area (Å²) < 4.78 is 12.3. The molecule has 1 aromatic carbocycles. The van der Waals surface area contributed by atoms with Crippen LogP contribution in [-0.2, 0) is 9.53 Å². The first-order chi connectivity index (χ1) is 15.0. The van der Waals surface area contributed by atoms with Gasteiger partial charge in [-0.25, -0.2) is 4.98 Å². The molecule has 0 aliphatic heterocycles. The molecule has 2 heterocycles. The highest BCUT2D eigenvalue weighted by molar-refractivity contribution is 8.00. The molecule has 0 spiro atoms. The van der Waals surface area contributed by atoms with E-state index in [1.807, 2.05) is 45.0 Å². The largest absolute Gasteiger partial charge is 0.494 e. The molecule has 2 aromatic heterocycles. The Hall–Kier alpha value is -2.85. The number of aromatic nitrogens is 4. The summed E-state index contributed by atoms with van der Waals surface area (Å²) in [5, 5.41) is 19.7. The van der Waals surface area contributed by atoms with Crippen molar-refractivity contribution in [1.82, 2.24) is 25.1 Å². The number of aromatic amines is 1. The molecule has 0 bridgehead atoms. The zero-order valence-electron chi connectivity index (χ0n) is 18.2. The van der Waals surface area contributed by atoms with Gasteiger partial charge in [0.15, 0.2) is 10.8 Å². The number of amides is 1. The van der Waals surface area contributed by atoms with Crippen LogP contribution in [-0.4, -0.2) is 57.8 Å². The normalized spacial score (nSPS) is 12.1. The van der Waals surface area contributed by atoms with Gasteiger partial charge in [0.25, 0.3) is 0 Å². The average Bonchev–Trinajstić information content (AvgIpc) is 3.14. The van der Waals surface area contributed by atoms with Crippen LogP contribution in [0.25, 0.3) is 16.7 Å². The fourth-order valence-electron chi connectivity index (χ4n) is 3.15. The van der Waals surface area contributed by atoms with Crippen LogP contribution in [0.4, 0.5) is 0 Å². The first-order valence-corrected chi connectivity index (χ1v) is 11.1. The van der Waals surface area contributed by atoms with E-state index >= 15 is 0 Å². The molecular formula is C21H28N6O3S. The van der Waals surface area contributed by atoms with Crippen LogP contribution < -0.4 is 15.5 Å². The number of thioether (sulfide) groups is 1. The SMILES string of the molecule is CCOc1ccc(-n2c(SC(CC)C(=O)NCCOC)nc3n[nH]c(C)c3c2=N)cc1. The summed E-state index contributed by atoms with van der Waals surface area (Å²) in [7, 11) is 1.60. The highest BCUT2D eigenvalue weighted by atomic mass is 32.2. The van der Waals surface area contributed by atoms with Crippen molar-refractivity contribution in [3.05, 3.63) is 35.4 Å². The number of carbonyl (C=O) groups excluding carboxylic acids is 1. The van der Waals surface area contributed by atoms with Crippen molar-refractivity contribution in [3.63, 3.8) is 0 Å². The topological polar surface area (TPSA) is 118 Å². The van der Waals surface area contributed by atoms with E-state index in [1.165, 1.54) is 11.8 Å². The monoisotopic (exact) mass is 444 g/mol. The van der Waals surface area contributed by atoms with Crippen LogP contribution >= 0.6 is 11.8 Å². The minimum Gasteiger partial charge on any atom is -0.494 e. The summed E-state index contributed by atoms with van der Waals surface area (Å²) in [4.78, 5) is 17.3. The Labute approximate surface area is 185 Å². The van der Waals surface area contributed by atoms with Gasteiger partial charge in [-0.15, -0.1) is 0 Å². The molecule has 10 heteroatoms. The Morgan fingerprint density at radius 1 is 1.32 bits per heavy atom. The molecule has 0 radical (unpaired) electrons. The van der Waals surface area contributed by atoms with Gasteiger partial charge in [-0.1, -0.05) is 18.7 Å². The van der Waals surface area contributed by atoms with E-state index < -0.39 is 0 Å². The fourth-order valence-corrected chi connectivity index (χ4v) is 4.20. The van der Waals surface area contributed by atoms with Crippen LogP contribution in [0, 0.1) is 12.3 Å². The minimum absolute atomic E-state index is 0.0885. The third-order valence-electron chi connectivity index (χ3n) is 4.70. The van der Waals surface area contributed by atoms with Crippen molar-refractivity contribution in [1.29, 1.82) is 5.41 Å². The van der Waals surface area contributed by atoms with Gasteiger partial charge >= 0.3 is 0 Å². The van der Waals surface area contributed by atoms with Gasteiger partial charge in [0.1, 0.15) is 11.2 Å². The van der Waals surface area contributed by atoms with Crippen LogP contribution in [0.15, 0.2) is 29.4 Å². The lowest BCUT2D eigenvalue weighted by atomic mass is 10.2. The highest BCUT2D eigenvalue weighted by Crippen LogP contribution is 2.27. The van der Waals surface area contributed by atoms with Crippen molar-refractivity contribution in [2.45, 2.75) is 37.6 Å². The number of ether oxygens (including phenoxy) is 2. The third-order valence-corrected chi connectivity index (χ3v) is 6.02. The van der Waals surface area contributed by atoms with E-state index in [0.29, 0.717) is 42.4 Å². The maximum absolute atomic E-state index is 12.7. The third kappa shape index (κ3) is 5.08. The van der Waals surface area contributed by atoms with Crippen molar-refractivity contribution >= 4 is 28.7 Å². The molecule has 0 aliphatic carbocycles. The number of carbonyl (C=O) groups is 1. The van der Waals surface area contributed by atoms with Crippen LogP contribution in [0.5, 0.6) is 5.75 Å². The Morgan fingerprint density at radius 3 is 2.71 bits per heavy atom. The number of hydrogen-bond acceptors (Lipinski definition) is 7. The molecule has 1 unspecified atom stereocenters. The first-order valence-electron chi connectivity index (χ1n) is 10.2. The predicted molar refractivity (Wildman–Crippen MR) is 120 cm³/mol. The van der Waals surface area contributed by atoms with Crippen LogP contribution in [0.2, 0.25) is 0 Å². The fraction of sp³-hybridized carbons (Fsp3) is 0.429. The van der Waals surface area contributed by atoms with Crippen molar-refractivity contribution in [2.75, 3.05) is 26.9 Å². The second kappa shape index (κ2) is 10.5. The van der Waals surface area contributed by atoms with E-state index in [4.69, 9.17) is 14.9 Å². The van der Waals surface area contributed by atoms with Gasteiger partial charge < -0.3 is 14.8 Å². The maximum Gasteiger partial charge on any atom is 0.233 e. The lowest BCUT2D eigenvalue weighted by molar-refractivity contribution is -0.120. The van der Waals surface area contributed by atoms with Gasteiger partial charge in [0.2, 0.25) is 5.91 Å².